The van der Waals surface area contributed by atoms with Crippen LogP contribution in [0.2, 0.25) is 0 Å². The molecule has 0 aliphatic heterocycles. The van der Waals surface area contributed by atoms with E-state index in [2.05, 4.69) is 0 Å². The maximum atomic E-state index is 13.5. The molecular weight excluding hydrogens is 263 g/mol. The van der Waals surface area contributed by atoms with Crippen LogP contribution in [0, 0.1) is 5.82 Å². The van der Waals surface area contributed by atoms with Crippen LogP contribution in [0.5, 0.6) is 5.75 Å². The second-order valence-electron chi connectivity index (χ2n) is 4.49. The molecule has 1 aromatic carbocycles. The number of carbonyl (C=O) groups excluding carboxylic acids is 1. The molecule has 20 heavy (non-hydrogen) atoms. The molecule has 0 unspecified atom stereocenters. The first-order valence-electron chi connectivity index (χ1n) is 6.39. The van der Waals surface area contributed by atoms with Crippen LogP contribution in [0.3, 0.4) is 0 Å². The summed E-state index contributed by atoms with van der Waals surface area (Å²) in [6.07, 6.45) is 2.19. The Balaban J connectivity index is 2.44. The van der Waals surface area contributed by atoms with E-state index in [9.17, 15) is 9.18 Å². The molecule has 0 amide bonds. The van der Waals surface area contributed by atoms with Gasteiger partial charge in [0.15, 0.2) is 6.79 Å². The number of rotatable bonds is 5. The quantitative estimate of drug-likeness (QED) is 0.614. The molecular formula is C15H17FO4. The number of ether oxygens (including phenoxy) is 3. The lowest BCUT2D eigenvalue weighted by atomic mass is 10.0. The average Bonchev–Trinajstić information content (AvgIpc) is 2.94. The predicted molar refractivity (Wildman–Crippen MR) is 71.7 cm³/mol. The van der Waals surface area contributed by atoms with Gasteiger partial charge in [0, 0.05) is 18.2 Å². The zero-order valence-corrected chi connectivity index (χ0v) is 11.6. The van der Waals surface area contributed by atoms with Crippen LogP contribution in [0.15, 0.2) is 23.8 Å². The van der Waals surface area contributed by atoms with Gasteiger partial charge < -0.3 is 14.2 Å². The number of allylic oxidation sites excluding steroid dienone is 1. The molecule has 0 radical (unpaired) electrons. The topological polar surface area (TPSA) is 44.8 Å². The van der Waals surface area contributed by atoms with Crippen molar-refractivity contribution in [3.8, 4) is 5.75 Å². The average molecular weight is 280 g/mol. The van der Waals surface area contributed by atoms with Gasteiger partial charge in [-0.3, -0.25) is 0 Å². The van der Waals surface area contributed by atoms with E-state index in [1.807, 2.05) is 0 Å². The van der Waals surface area contributed by atoms with E-state index in [1.165, 1.54) is 26.4 Å². The fraction of sp³-hybridized carbons (Fsp3) is 0.400. The van der Waals surface area contributed by atoms with Gasteiger partial charge in [-0.1, -0.05) is 0 Å². The molecule has 0 heterocycles. The maximum Gasteiger partial charge on any atom is 0.334 e. The van der Waals surface area contributed by atoms with Crippen LogP contribution in [-0.4, -0.2) is 27.0 Å². The Bertz CT molecular complexity index is 537. The van der Waals surface area contributed by atoms with Crippen molar-refractivity contribution in [2.75, 3.05) is 21.0 Å². The molecule has 0 N–H and O–H groups in total. The first kappa shape index (κ1) is 14.5. The Labute approximate surface area is 117 Å². The standard InChI is InChI=1S/C15H17FO4/c1-18-9-20-14-7-6-10(16)8-13(14)11-4-3-5-12(11)15(17)19-2/h6-8H,3-5,9H2,1-2H3. The van der Waals surface area contributed by atoms with Gasteiger partial charge in [-0.15, -0.1) is 0 Å². The molecule has 0 spiro atoms. The van der Waals surface area contributed by atoms with Crippen LogP contribution in [0.25, 0.3) is 5.57 Å². The number of esters is 1. The third-order valence-corrected chi connectivity index (χ3v) is 3.25. The summed E-state index contributed by atoms with van der Waals surface area (Å²) in [6, 6.07) is 4.25. The van der Waals surface area contributed by atoms with Crippen LogP contribution in [-0.2, 0) is 14.3 Å². The van der Waals surface area contributed by atoms with Gasteiger partial charge in [0.05, 0.1) is 7.11 Å². The summed E-state index contributed by atoms with van der Waals surface area (Å²) in [5, 5.41) is 0. The van der Waals surface area contributed by atoms with Crippen molar-refractivity contribution in [2.24, 2.45) is 0 Å². The second-order valence-corrected chi connectivity index (χ2v) is 4.49. The minimum absolute atomic E-state index is 0.0689. The second kappa shape index (κ2) is 6.52. The molecule has 0 saturated heterocycles. The Morgan fingerprint density at radius 2 is 2.10 bits per heavy atom. The van der Waals surface area contributed by atoms with E-state index >= 15 is 0 Å². The summed E-state index contributed by atoms with van der Waals surface area (Å²) in [6.45, 7) is 0.0689. The van der Waals surface area contributed by atoms with Gasteiger partial charge in [-0.05, 0) is 43.0 Å². The first-order chi connectivity index (χ1) is 9.67. The van der Waals surface area contributed by atoms with E-state index in [0.29, 0.717) is 29.7 Å². The van der Waals surface area contributed by atoms with Crippen LogP contribution >= 0.6 is 0 Å². The maximum absolute atomic E-state index is 13.5. The van der Waals surface area contributed by atoms with E-state index < -0.39 is 0 Å². The van der Waals surface area contributed by atoms with Crippen molar-refractivity contribution < 1.29 is 23.4 Å². The molecule has 5 heteroatoms. The molecule has 1 aliphatic carbocycles. The molecule has 1 aliphatic rings. The number of halogens is 1. The predicted octanol–water partition coefficient (Wildman–Crippen LogP) is 2.92. The molecule has 0 saturated carbocycles. The molecule has 0 bridgehead atoms. The summed E-state index contributed by atoms with van der Waals surface area (Å²) >= 11 is 0. The zero-order chi connectivity index (χ0) is 14.5. The number of hydrogen-bond acceptors (Lipinski definition) is 4. The summed E-state index contributed by atoms with van der Waals surface area (Å²) in [5.41, 5.74) is 1.99. The van der Waals surface area contributed by atoms with Gasteiger partial charge in [0.1, 0.15) is 11.6 Å². The van der Waals surface area contributed by atoms with Crippen LogP contribution < -0.4 is 4.74 Å². The highest BCUT2D eigenvalue weighted by Crippen LogP contribution is 2.39. The third-order valence-electron chi connectivity index (χ3n) is 3.25. The van der Waals surface area contributed by atoms with Gasteiger partial charge in [0.25, 0.3) is 0 Å². The van der Waals surface area contributed by atoms with E-state index in [-0.39, 0.29) is 18.6 Å². The lowest BCUT2D eigenvalue weighted by molar-refractivity contribution is -0.136. The SMILES string of the molecule is COCOc1ccc(F)cc1C1=C(C(=O)OC)CCC1. The van der Waals surface area contributed by atoms with Gasteiger partial charge in [0.2, 0.25) is 0 Å². The third kappa shape index (κ3) is 2.99. The van der Waals surface area contributed by atoms with Gasteiger partial charge >= 0.3 is 5.97 Å². The van der Waals surface area contributed by atoms with Crippen molar-refractivity contribution in [2.45, 2.75) is 19.3 Å². The molecule has 2 rings (SSSR count). The van der Waals surface area contributed by atoms with Gasteiger partial charge in [-0.2, -0.15) is 0 Å². The van der Waals surface area contributed by atoms with Crippen LogP contribution in [0.4, 0.5) is 4.39 Å². The van der Waals surface area contributed by atoms with E-state index in [1.54, 1.807) is 6.07 Å². The number of benzene rings is 1. The number of carbonyl (C=O) groups is 1. The zero-order valence-electron chi connectivity index (χ0n) is 11.6. The smallest absolute Gasteiger partial charge is 0.334 e. The molecule has 0 fully saturated rings. The van der Waals surface area contributed by atoms with Crippen molar-refractivity contribution in [1.29, 1.82) is 0 Å². The largest absolute Gasteiger partial charge is 0.467 e. The lowest BCUT2D eigenvalue weighted by Gasteiger charge is -2.13. The highest BCUT2D eigenvalue weighted by molar-refractivity contribution is 5.99. The first-order valence-corrected chi connectivity index (χ1v) is 6.39. The Morgan fingerprint density at radius 3 is 2.80 bits per heavy atom. The Kier molecular flexibility index (Phi) is 4.74. The minimum atomic E-state index is -0.367. The molecule has 1 aromatic rings. The summed E-state index contributed by atoms with van der Waals surface area (Å²) in [4.78, 5) is 11.8. The van der Waals surface area contributed by atoms with Crippen molar-refractivity contribution >= 4 is 11.5 Å². The summed E-state index contributed by atoms with van der Waals surface area (Å²) < 4.78 is 28.6. The molecule has 0 atom stereocenters. The van der Waals surface area contributed by atoms with Crippen molar-refractivity contribution in [3.63, 3.8) is 0 Å². The van der Waals surface area contributed by atoms with Gasteiger partial charge in [-0.25, -0.2) is 9.18 Å². The molecule has 4 nitrogen and oxygen atoms in total. The van der Waals surface area contributed by atoms with E-state index in [4.69, 9.17) is 14.2 Å². The normalized spacial score (nSPS) is 14.6. The summed E-state index contributed by atoms with van der Waals surface area (Å²) in [5.74, 6) is -0.223. The number of methoxy groups -OCH3 is 2. The number of hydrogen-bond donors (Lipinski definition) is 0. The molecule has 108 valence electrons. The Hall–Kier alpha value is -1.88. The monoisotopic (exact) mass is 280 g/mol. The summed E-state index contributed by atoms with van der Waals surface area (Å²) in [7, 11) is 2.86. The fourth-order valence-electron chi connectivity index (χ4n) is 2.38. The van der Waals surface area contributed by atoms with Crippen molar-refractivity contribution in [3.05, 3.63) is 35.2 Å². The highest BCUT2D eigenvalue weighted by Gasteiger charge is 2.25. The lowest BCUT2D eigenvalue weighted by Crippen LogP contribution is -2.06. The minimum Gasteiger partial charge on any atom is -0.467 e. The van der Waals surface area contributed by atoms with Crippen LogP contribution in [0.1, 0.15) is 24.8 Å². The Morgan fingerprint density at radius 1 is 1.30 bits per heavy atom. The van der Waals surface area contributed by atoms with Crippen molar-refractivity contribution in [1.82, 2.24) is 0 Å². The molecule has 0 aromatic heterocycles. The van der Waals surface area contributed by atoms with E-state index in [0.717, 1.165) is 12.0 Å². The fourth-order valence-corrected chi connectivity index (χ4v) is 2.38. The highest BCUT2D eigenvalue weighted by atomic mass is 19.1.